The molecule has 0 aliphatic carbocycles. The van der Waals surface area contributed by atoms with Gasteiger partial charge in [0, 0.05) is 6.04 Å². The van der Waals surface area contributed by atoms with Crippen LogP contribution in [0.4, 0.5) is 0 Å². The van der Waals surface area contributed by atoms with Crippen molar-refractivity contribution in [2.45, 2.75) is 65.3 Å². The molecule has 0 aliphatic heterocycles. The molecule has 0 bridgehead atoms. The zero-order chi connectivity index (χ0) is 13.2. The summed E-state index contributed by atoms with van der Waals surface area (Å²) < 4.78 is 0. The predicted molar refractivity (Wildman–Crippen MR) is 81.0 cm³/mol. The quantitative estimate of drug-likeness (QED) is 0.605. The summed E-state index contributed by atoms with van der Waals surface area (Å²) in [5.74, 6) is 0. The molecule has 1 rings (SSSR count). The lowest BCUT2D eigenvalue weighted by molar-refractivity contribution is 0.470. The third-order valence-electron chi connectivity index (χ3n) is 3.47. The van der Waals surface area contributed by atoms with Gasteiger partial charge in [0.2, 0.25) is 0 Å². The van der Waals surface area contributed by atoms with Gasteiger partial charge in [-0.2, -0.15) is 0 Å². The largest absolute Gasteiger partial charge is 0.310 e. The van der Waals surface area contributed by atoms with Gasteiger partial charge in [0.15, 0.2) is 0 Å². The van der Waals surface area contributed by atoms with Crippen molar-refractivity contribution in [2.24, 2.45) is 0 Å². The third kappa shape index (κ3) is 5.68. The molecule has 0 radical (unpaired) electrons. The van der Waals surface area contributed by atoms with E-state index in [1.807, 2.05) is 0 Å². The average molecular weight is 247 g/mol. The van der Waals surface area contributed by atoms with Gasteiger partial charge in [-0.05, 0) is 31.9 Å². The molecule has 1 aromatic rings. The Kier molecular flexibility index (Phi) is 7.75. The molecule has 0 fully saturated rings. The smallest absolute Gasteiger partial charge is 0.0320 e. The van der Waals surface area contributed by atoms with Crippen LogP contribution in [0.25, 0.3) is 0 Å². The van der Waals surface area contributed by atoms with Crippen molar-refractivity contribution in [3.63, 3.8) is 0 Å². The topological polar surface area (TPSA) is 12.0 Å². The highest BCUT2D eigenvalue weighted by atomic mass is 14.9. The highest BCUT2D eigenvalue weighted by Gasteiger charge is 2.09. The van der Waals surface area contributed by atoms with Gasteiger partial charge in [-0.3, -0.25) is 0 Å². The Morgan fingerprint density at radius 2 is 1.67 bits per heavy atom. The molecule has 0 aliphatic rings. The van der Waals surface area contributed by atoms with Crippen LogP contribution in [0, 0.1) is 6.92 Å². The van der Waals surface area contributed by atoms with Gasteiger partial charge in [-0.1, -0.05) is 69.4 Å². The van der Waals surface area contributed by atoms with Crippen molar-refractivity contribution in [3.05, 3.63) is 35.4 Å². The molecular formula is C17H29N. The van der Waals surface area contributed by atoms with E-state index in [0.29, 0.717) is 6.04 Å². The first-order chi connectivity index (χ1) is 8.77. The molecule has 1 heteroatoms. The van der Waals surface area contributed by atoms with Crippen molar-refractivity contribution in [1.82, 2.24) is 5.32 Å². The van der Waals surface area contributed by atoms with E-state index in [0.717, 1.165) is 6.54 Å². The summed E-state index contributed by atoms with van der Waals surface area (Å²) in [6, 6.07) is 9.55. The van der Waals surface area contributed by atoms with Crippen molar-refractivity contribution in [1.29, 1.82) is 0 Å². The fourth-order valence-corrected chi connectivity index (χ4v) is 2.28. The molecular weight excluding hydrogens is 218 g/mol. The number of nitrogens with one attached hydrogen (secondary N) is 1. The Morgan fingerprint density at radius 3 is 2.28 bits per heavy atom. The monoisotopic (exact) mass is 247 g/mol. The average Bonchev–Trinajstić information content (AvgIpc) is 2.39. The van der Waals surface area contributed by atoms with Gasteiger partial charge < -0.3 is 5.32 Å². The summed E-state index contributed by atoms with van der Waals surface area (Å²) in [4.78, 5) is 0. The summed E-state index contributed by atoms with van der Waals surface area (Å²) in [5.41, 5.74) is 2.80. The van der Waals surface area contributed by atoms with E-state index in [2.05, 4.69) is 50.4 Å². The first kappa shape index (κ1) is 15.2. The predicted octanol–water partition coefficient (Wildman–Crippen LogP) is 5.01. The van der Waals surface area contributed by atoms with Crippen LogP contribution in [0.5, 0.6) is 0 Å². The molecule has 0 saturated heterocycles. The fourth-order valence-electron chi connectivity index (χ4n) is 2.28. The second kappa shape index (κ2) is 9.16. The highest BCUT2D eigenvalue weighted by molar-refractivity contribution is 5.24. The lowest BCUT2D eigenvalue weighted by Gasteiger charge is -2.19. The maximum Gasteiger partial charge on any atom is 0.0320 e. The highest BCUT2D eigenvalue weighted by Crippen LogP contribution is 2.20. The van der Waals surface area contributed by atoms with E-state index in [9.17, 15) is 0 Å². The molecule has 0 saturated carbocycles. The van der Waals surface area contributed by atoms with Crippen LogP contribution in [0.3, 0.4) is 0 Å². The molecule has 0 aromatic heterocycles. The van der Waals surface area contributed by atoms with Gasteiger partial charge in [0.25, 0.3) is 0 Å². The molecule has 1 aromatic carbocycles. The van der Waals surface area contributed by atoms with Crippen LogP contribution < -0.4 is 5.32 Å². The van der Waals surface area contributed by atoms with Crippen LogP contribution in [0.15, 0.2) is 24.3 Å². The van der Waals surface area contributed by atoms with Gasteiger partial charge in [0.05, 0.1) is 0 Å². The van der Waals surface area contributed by atoms with Crippen LogP contribution >= 0.6 is 0 Å². The molecule has 0 amide bonds. The standard InChI is InChI=1S/C17H29N/c1-4-6-7-8-9-17(18-14-5-2)16-12-10-15(3)11-13-16/h10-13,17-18H,4-9,14H2,1-3H3. The van der Waals surface area contributed by atoms with Gasteiger partial charge in [0.1, 0.15) is 0 Å². The first-order valence-corrected chi connectivity index (χ1v) is 7.57. The van der Waals surface area contributed by atoms with E-state index < -0.39 is 0 Å². The van der Waals surface area contributed by atoms with Crippen LogP contribution in [0.2, 0.25) is 0 Å². The fraction of sp³-hybridized carbons (Fsp3) is 0.647. The van der Waals surface area contributed by atoms with Crippen LogP contribution in [-0.2, 0) is 0 Å². The zero-order valence-corrected chi connectivity index (χ0v) is 12.3. The van der Waals surface area contributed by atoms with E-state index in [4.69, 9.17) is 0 Å². The third-order valence-corrected chi connectivity index (χ3v) is 3.47. The minimum atomic E-state index is 0.544. The number of rotatable bonds is 9. The second-order valence-electron chi connectivity index (χ2n) is 5.27. The van der Waals surface area contributed by atoms with E-state index in [1.54, 1.807) is 0 Å². The summed E-state index contributed by atoms with van der Waals surface area (Å²) in [5, 5.41) is 3.68. The zero-order valence-electron chi connectivity index (χ0n) is 12.3. The number of benzene rings is 1. The Balaban J connectivity index is 2.51. The van der Waals surface area contributed by atoms with E-state index in [-0.39, 0.29) is 0 Å². The van der Waals surface area contributed by atoms with Crippen molar-refractivity contribution in [2.75, 3.05) is 6.54 Å². The first-order valence-electron chi connectivity index (χ1n) is 7.57. The molecule has 0 heterocycles. The summed E-state index contributed by atoms with van der Waals surface area (Å²) in [6.45, 7) is 7.77. The molecule has 1 N–H and O–H groups in total. The van der Waals surface area contributed by atoms with Crippen molar-refractivity contribution >= 4 is 0 Å². The van der Waals surface area contributed by atoms with Gasteiger partial charge >= 0.3 is 0 Å². The minimum absolute atomic E-state index is 0.544. The lowest BCUT2D eigenvalue weighted by Crippen LogP contribution is -2.22. The SMILES string of the molecule is CCCCCCC(NCCC)c1ccc(C)cc1. The maximum atomic E-state index is 3.68. The molecule has 1 unspecified atom stereocenters. The van der Waals surface area contributed by atoms with Gasteiger partial charge in [-0.15, -0.1) is 0 Å². The summed E-state index contributed by atoms with van der Waals surface area (Å²) in [7, 11) is 0. The van der Waals surface area contributed by atoms with Gasteiger partial charge in [-0.25, -0.2) is 0 Å². The normalized spacial score (nSPS) is 12.6. The Labute approximate surface area is 113 Å². The Bertz CT molecular complexity index is 302. The molecule has 102 valence electrons. The van der Waals surface area contributed by atoms with Crippen molar-refractivity contribution < 1.29 is 0 Å². The number of hydrogen-bond acceptors (Lipinski definition) is 1. The molecule has 1 nitrogen and oxygen atoms in total. The number of unbranched alkanes of at least 4 members (excludes halogenated alkanes) is 3. The van der Waals surface area contributed by atoms with Crippen LogP contribution in [0.1, 0.15) is 69.5 Å². The molecule has 1 atom stereocenters. The van der Waals surface area contributed by atoms with Crippen LogP contribution in [-0.4, -0.2) is 6.54 Å². The summed E-state index contributed by atoms with van der Waals surface area (Å²) in [6.07, 6.45) is 7.86. The Hall–Kier alpha value is -0.820. The molecule has 18 heavy (non-hydrogen) atoms. The maximum absolute atomic E-state index is 3.68. The van der Waals surface area contributed by atoms with E-state index in [1.165, 1.54) is 49.7 Å². The van der Waals surface area contributed by atoms with E-state index >= 15 is 0 Å². The Morgan fingerprint density at radius 1 is 0.944 bits per heavy atom. The van der Waals surface area contributed by atoms with Crippen molar-refractivity contribution in [3.8, 4) is 0 Å². The molecule has 0 spiro atoms. The minimum Gasteiger partial charge on any atom is -0.310 e. The number of aryl methyl sites for hydroxylation is 1. The summed E-state index contributed by atoms with van der Waals surface area (Å²) >= 11 is 0. The number of hydrogen-bond donors (Lipinski definition) is 1. The lowest BCUT2D eigenvalue weighted by atomic mass is 9.99. The second-order valence-corrected chi connectivity index (χ2v) is 5.27.